The van der Waals surface area contributed by atoms with Crippen LogP contribution in [-0.4, -0.2) is 36.1 Å². The fourth-order valence-corrected chi connectivity index (χ4v) is 2.73. The number of benzene rings is 1. The zero-order valence-corrected chi connectivity index (χ0v) is 11.6. The van der Waals surface area contributed by atoms with Gasteiger partial charge < -0.3 is 14.6 Å². The molecule has 2 heterocycles. The van der Waals surface area contributed by atoms with Gasteiger partial charge in [0.2, 0.25) is 0 Å². The lowest BCUT2D eigenvalue weighted by Gasteiger charge is -2.29. The van der Waals surface area contributed by atoms with E-state index in [1.165, 1.54) is 31.5 Å². The summed E-state index contributed by atoms with van der Waals surface area (Å²) in [6, 6.07) is 6.78. The molecule has 0 spiro atoms. The summed E-state index contributed by atoms with van der Waals surface area (Å²) in [6.45, 7) is 5.14. The molecule has 102 valence electrons. The van der Waals surface area contributed by atoms with E-state index < -0.39 is 0 Å². The number of aryl methyl sites for hydroxylation is 1. The number of hydrogen-bond donors (Lipinski definition) is 1. The Kier molecular flexibility index (Phi) is 3.53. The zero-order chi connectivity index (χ0) is 13.2. The molecule has 4 nitrogen and oxygen atoms in total. The predicted molar refractivity (Wildman–Crippen MR) is 76.1 cm³/mol. The van der Waals surface area contributed by atoms with Crippen LogP contribution in [-0.2, 0) is 6.54 Å². The minimum absolute atomic E-state index is 0.624. The fourth-order valence-electron chi connectivity index (χ4n) is 2.73. The Morgan fingerprint density at radius 1 is 1.37 bits per heavy atom. The Balaban J connectivity index is 1.68. The molecule has 0 atom stereocenters. The quantitative estimate of drug-likeness (QED) is 0.918. The number of oxazole rings is 1. The van der Waals surface area contributed by atoms with Crippen LogP contribution in [0.5, 0.6) is 0 Å². The topological polar surface area (TPSA) is 41.3 Å². The number of likely N-dealkylation sites (tertiary alicyclic amines) is 1. The molecular weight excluding hydrogens is 238 g/mol. The Bertz CT molecular complexity index is 556. The monoisotopic (exact) mass is 259 g/mol. The summed E-state index contributed by atoms with van der Waals surface area (Å²) in [4.78, 5) is 6.86. The van der Waals surface area contributed by atoms with Crippen LogP contribution < -0.4 is 5.32 Å². The molecule has 1 fully saturated rings. The van der Waals surface area contributed by atoms with Crippen LogP contribution in [0.15, 0.2) is 22.6 Å². The van der Waals surface area contributed by atoms with Crippen LogP contribution in [0.25, 0.3) is 11.1 Å². The molecule has 1 aliphatic heterocycles. The van der Waals surface area contributed by atoms with Crippen molar-refractivity contribution in [2.45, 2.75) is 32.4 Å². The van der Waals surface area contributed by atoms with Crippen LogP contribution in [0.4, 0.5) is 0 Å². The van der Waals surface area contributed by atoms with Crippen molar-refractivity contribution in [2.24, 2.45) is 0 Å². The molecule has 1 aliphatic rings. The van der Waals surface area contributed by atoms with E-state index in [-0.39, 0.29) is 0 Å². The maximum absolute atomic E-state index is 5.57. The summed E-state index contributed by atoms with van der Waals surface area (Å²) in [5.74, 6) is 0.738. The van der Waals surface area contributed by atoms with Crippen molar-refractivity contribution in [1.29, 1.82) is 0 Å². The first-order valence-electron chi connectivity index (χ1n) is 6.99. The number of rotatable bonds is 3. The van der Waals surface area contributed by atoms with Gasteiger partial charge in [0.05, 0.1) is 0 Å². The SMILES string of the molecule is Cc1nc2c(CNC3CCN(C)CC3)cccc2o1. The lowest BCUT2D eigenvalue weighted by atomic mass is 10.0. The number of fused-ring (bicyclic) bond motifs is 1. The highest BCUT2D eigenvalue weighted by molar-refractivity contribution is 5.76. The normalized spacial score (nSPS) is 18.2. The molecule has 2 aromatic rings. The minimum atomic E-state index is 0.624. The molecule has 0 radical (unpaired) electrons. The molecule has 0 amide bonds. The third kappa shape index (κ3) is 2.80. The van der Waals surface area contributed by atoms with Crippen molar-refractivity contribution in [1.82, 2.24) is 15.2 Å². The number of nitrogens with zero attached hydrogens (tertiary/aromatic N) is 2. The van der Waals surface area contributed by atoms with Crippen molar-refractivity contribution >= 4 is 11.1 Å². The van der Waals surface area contributed by atoms with Crippen molar-refractivity contribution in [3.05, 3.63) is 29.7 Å². The van der Waals surface area contributed by atoms with Gasteiger partial charge in [0.15, 0.2) is 11.5 Å². The summed E-state index contributed by atoms with van der Waals surface area (Å²) >= 11 is 0. The second kappa shape index (κ2) is 5.31. The third-order valence-electron chi connectivity index (χ3n) is 3.91. The van der Waals surface area contributed by atoms with Crippen molar-refractivity contribution in [3.63, 3.8) is 0 Å². The molecule has 0 saturated carbocycles. The van der Waals surface area contributed by atoms with E-state index in [9.17, 15) is 0 Å². The first-order chi connectivity index (χ1) is 9.22. The highest BCUT2D eigenvalue weighted by Gasteiger charge is 2.16. The van der Waals surface area contributed by atoms with Gasteiger partial charge in [-0.1, -0.05) is 12.1 Å². The molecule has 0 bridgehead atoms. The van der Waals surface area contributed by atoms with Gasteiger partial charge in [-0.3, -0.25) is 0 Å². The summed E-state index contributed by atoms with van der Waals surface area (Å²) in [5.41, 5.74) is 3.12. The lowest BCUT2D eigenvalue weighted by molar-refractivity contribution is 0.234. The first-order valence-corrected chi connectivity index (χ1v) is 6.99. The summed E-state index contributed by atoms with van der Waals surface area (Å²) in [6.07, 6.45) is 2.45. The molecule has 0 unspecified atom stereocenters. The Hall–Kier alpha value is -1.39. The van der Waals surface area contributed by atoms with E-state index >= 15 is 0 Å². The van der Waals surface area contributed by atoms with Crippen molar-refractivity contribution < 1.29 is 4.42 Å². The van der Waals surface area contributed by atoms with Crippen LogP contribution in [0.3, 0.4) is 0 Å². The van der Waals surface area contributed by atoms with E-state index in [0.29, 0.717) is 6.04 Å². The standard InChI is InChI=1S/C15H21N3O/c1-11-17-15-12(4-3-5-14(15)19-11)10-16-13-6-8-18(2)9-7-13/h3-5,13,16H,6-10H2,1-2H3. The van der Waals surface area contributed by atoms with E-state index in [0.717, 1.165) is 23.5 Å². The van der Waals surface area contributed by atoms with Crippen LogP contribution in [0.2, 0.25) is 0 Å². The molecular formula is C15H21N3O. The van der Waals surface area contributed by atoms with Crippen LogP contribution in [0, 0.1) is 6.92 Å². The van der Waals surface area contributed by atoms with Crippen LogP contribution >= 0.6 is 0 Å². The molecule has 19 heavy (non-hydrogen) atoms. The summed E-state index contributed by atoms with van der Waals surface area (Å²) < 4.78 is 5.57. The first kappa shape index (κ1) is 12.6. The smallest absolute Gasteiger partial charge is 0.192 e. The number of aromatic nitrogens is 1. The van der Waals surface area contributed by atoms with Gasteiger partial charge in [0.25, 0.3) is 0 Å². The fraction of sp³-hybridized carbons (Fsp3) is 0.533. The molecule has 1 saturated heterocycles. The molecule has 1 aromatic carbocycles. The van der Waals surface area contributed by atoms with E-state index in [2.05, 4.69) is 28.3 Å². The second-order valence-electron chi connectivity index (χ2n) is 5.46. The van der Waals surface area contributed by atoms with Gasteiger partial charge in [-0.25, -0.2) is 4.98 Å². The molecule has 4 heteroatoms. The van der Waals surface area contributed by atoms with Gasteiger partial charge in [-0.2, -0.15) is 0 Å². The van der Waals surface area contributed by atoms with Gasteiger partial charge >= 0.3 is 0 Å². The lowest BCUT2D eigenvalue weighted by Crippen LogP contribution is -2.40. The summed E-state index contributed by atoms with van der Waals surface area (Å²) in [7, 11) is 2.19. The third-order valence-corrected chi connectivity index (χ3v) is 3.91. The Morgan fingerprint density at radius 2 is 2.16 bits per heavy atom. The van der Waals surface area contributed by atoms with Gasteiger partial charge in [-0.05, 0) is 44.6 Å². The molecule has 1 aromatic heterocycles. The second-order valence-corrected chi connectivity index (χ2v) is 5.46. The average Bonchev–Trinajstić information content (AvgIpc) is 2.79. The molecule has 3 rings (SSSR count). The van der Waals surface area contributed by atoms with E-state index in [1.807, 2.05) is 19.1 Å². The Morgan fingerprint density at radius 3 is 2.95 bits per heavy atom. The summed E-state index contributed by atoms with van der Waals surface area (Å²) in [5, 5.41) is 3.65. The predicted octanol–water partition coefficient (Wildman–Crippen LogP) is 2.32. The van der Waals surface area contributed by atoms with E-state index in [4.69, 9.17) is 4.42 Å². The number of hydrogen-bond acceptors (Lipinski definition) is 4. The molecule has 1 N–H and O–H groups in total. The number of piperidine rings is 1. The van der Waals surface area contributed by atoms with Crippen molar-refractivity contribution in [3.8, 4) is 0 Å². The zero-order valence-electron chi connectivity index (χ0n) is 11.6. The number of nitrogens with one attached hydrogen (secondary N) is 1. The van der Waals surface area contributed by atoms with Gasteiger partial charge in [-0.15, -0.1) is 0 Å². The maximum atomic E-state index is 5.57. The maximum Gasteiger partial charge on any atom is 0.192 e. The largest absolute Gasteiger partial charge is 0.441 e. The minimum Gasteiger partial charge on any atom is -0.441 e. The van der Waals surface area contributed by atoms with Gasteiger partial charge in [0.1, 0.15) is 5.52 Å². The van der Waals surface area contributed by atoms with E-state index in [1.54, 1.807) is 0 Å². The number of para-hydroxylation sites is 1. The average molecular weight is 259 g/mol. The highest BCUT2D eigenvalue weighted by Crippen LogP contribution is 2.19. The van der Waals surface area contributed by atoms with Gasteiger partial charge in [0, 0.05) is 19.5 Å². The van der Waals surface area contributed by atoms with Crippen LogP contribution in [0.1, 0.15) is 24.3 Å². The highest BCUT2D eigenvalue weighted by atomic mass is 16.3. The van der Waals surface area contributed by atoms with Crippen molar-refractivity contribution in [2.75, 3.05) is 20.1 Å². The molecule has 0 aliphatic carbocycles. The Labute approximate surface area is 113 Å².